The first kappa shape index (κ1) is 11.3. The van der Waals surface area contributed by atoms with Crippen LogP contribution in [0.1, 0.15) is 11.5 Å². The maximum absolute atomic E-state index is 5.67. The molecule has 0 aliphatic rings. The number of amidine groups is 1. The van der Waals surface area contributed by atoms with Gasteiger partial charge in [0.05, 0.1) is 24.9 Å². The van der Waals surface area contributed by atoms with Gasteiger partial charge in [-0.25, -0.2) is 4.98 Å². The maximum atomic E-state index is 5.67. The van der Waals surface area contributed by atoms with Crippen molar-refractivity contribution >= 4 is 23.7 Å². The Hall–Kier alpha value is -2.21. The average Bonchev–Trinajstić information content (AvgIpc) is 2.82. The first-order valence-electron chi connectivity index (χ1n) is 4.63. The summed E-state index contributed by atoms with van der Waals surface area (Å²) in [5.41, 5.74) is 6.02. The SMILES string of the molecule is NC(=NN=Cc1ccco1)c1cncc(Cl)n1. The van der Waals surface area contributed by atoms with E-state index in [9.17, 15) is 0 Å². The standard InChI is InChI=1S/C10H8ClN5O/c11-9-6-13-5-8(15-9)10(12)16-14-4-7-2-1-3-17-7/h1-6H,(H2,12,16). The van der Waals surface area contributed by atoms with Crippen molar-refractivity contribution in [3.8, 4) is 0 Å². The van der Waals surface area contributed by atoms with Gasteiger partial charge in [0.15, 0.2) is 5.84 Å². The van der Waals surface area contributed by atoms with Gasteiger partial charge in [-0.15, -0.1) is 5.10 Å². The molecular formula is C10H8ClN5O. The van der Waals surface area contributed by atoms with Gasteiger partial charge in [-0.2, -0.15) is 5.10 Å². The first-order valence-corrected chi connectivity index (χ1v) is 5.01. The summed E-state index contributed by atoms with van der Waals surface area (Å²) < 4.78 is 5.03. The molecule has 0 saturated carbocycles. The molecule has 0 aromatic carbocycles. The van der Waals surface area contributed by atoms with Gasteiger partial charge in [-0.05, 0) is 12.1 Å². The van der Waals surface area contributed by atoms with Crippen molar-refractivity contribution in [1.82, 2.24) is 9.97 Å². The number of nitrogens with zero attached hydrogens (tertiary/aromatic N) is 4. The lowest BCUT2D eigenvalue weighted by Gasteiger charge is -1.96. The molecule has 2 N–H and O–H groups in total. The van der Waals surface area contributed by atoms with Gasteiger partial charge in [0.1, 0.15) is 16.6 Å². The highest BCUT2D eigenvalue weighted by Crippen LogP contribution is 2.02. The first-order chi connectivity index (χ1) is 8.25. The highest BCUT2D eigenvalue weighted by atomic mass is 35.5. The van der Waals surface area contributed by atoms with E-state index in [0.717, 1.165) is 0 Å². The second-order valence-electron chi connectivity index (χ2n) is 2.97. The molecule has 6 nitrogen and oxygen atoms in total. The van der Waals surface area contributed by atoms with Crippen LogP contribution in [0.4, 0.5) is 0 Å². The third kappa shape index (κ3) is 3.12. The Balaban J connectivity index is 2.12. The topological polar surface area (TPSA) is 89.7 Å². The number of halogens is 1. The van der Waals surface area contributed by atoms with Gasteiger partial charge < -0.3 is 10.2 Å². The lowest BCUT2D eigenvalue weighted by molar-refractivity contribution is 0.560. The van der Waals surface area contributed by atoms with Crippen molar-refractivity contribution in [3.63, 3.8) is 0 Å². The van der Waals surface area contributed by atoms with Gasteiger partial charge in [0.25, 0.3) is 0 Å². The van der Waals surface area contributed by atoms with Crippen LogP contribution in [0.2, 0.25) is 5.15 Å². The van der Waals surface area contributed by atoms with E-state index in [0.29, 0.717) is 11.5 Å². The van der Waals surface area contributed by atoms with Crippen molar-refractivity contribution in [2.24, 2.45) is 15.9 Å². The van der Waals surface area contributed by atoms with E-state index in [1.165, 1.54) is 24.9 Å². The molecule has 0 bridgehead atoms. The molecule has 2 heterocycles. The Morgan fingerprint density at radius 3 is 3.06 bits per heavy atom. The Bertz CT molecular complexity index is 550. The van der Waals surface area contributed by atoms with Gasteiger partial charge in [0, 0.05) is 0 Å². The molecule has 2 aromatic heterocycles. The Morgan fingerprint density at radius 1 is 1.47 bits per heavy atom. The summed E-state index contributed by atoms with van der Waals surface area (Å²) in [6.07, 6.45) is 5.83. The molecule has 0 atom stereocenters. The zero-order valence-electron chi connectivity index (χ0n) is 8.62. The molecule has 17 heavy (non-hydrogen) atoms. The number of furan rings is 1. The fourth-order valence-corrected chi connectivity index (χ4v) is 1.18. The highest BCUT2D eigenvalue weighted by molar-refractivity contribution is 6.29. The van der Waals surface area contributed by atoms with E-state index in [1.807, 2.05) is 0 Å². The normalized spacial score (nSPS) is 12.2. The summed E-state index contributed by atoms with van der Waals surface area (Å²) >= 11 is 5.67. The highest BCUT2D eigenvalue weighted by Gasteiger charge is 2.01. The third-order valence-corrected chi connectivity index (χ3v) is 1.94. The summed E-state index contributed by atoms with van der Waals surface area (Å²) in [5, 5.41) is 7.75. The third-order valence-electron chi connectivity index (χ3n) is 1.76. The van der Waals surface area contributed by atoms with Gasteiger partial charge in [-0.3, -0.25) is 4.98 Å². The molecule has 0 fully saturated rings. The van der Waals surface area contributed by atoms with Crippen LogP contribution >= 0.6 is 11.6 Å². The second-order valence-corrected chi connectivity index (χ2v) is 3.36. The summed E-state index contributed by atoms with van der Waals surface area (Å²) in [6, 6.07) is 3.49. The number of aromatic nitrogens is 2. The fraction of sp³-hybridized carbons (Fsp3) is 0. The van der Waals surface area contributed by atoms with Crippen molar-refractivity contribution in [3.05, 3.63) is 47.4 Å². The molecule has 0 unspecified atom stereocenters. The molecule has 0 aliphatic heterocycles. The minimum atomic E-state index is 0.128. The van der Waals surface area contributed by atoms with Crippen LogP contribution in [0, 0.1) is 0 Å². The molecule has 2 rings (SSSR count). The van der Waals surface area contributed by atoms with Crippen molar-refractivity contribution in [1.29, 1.82) is 0 Å². The number of rotatable bonds is 3. The van der Waals surface area contributed by atoms with Crippen molar-refractivity contribution in [2.75, 3.05) is 0 Å². The van der Waals surface area contributed by atoms with Crippen LogP contribution in [-0.4, -0.2) is 22.0 Å². The lowest BCUT2D eigenvalue weighted by atomic mass is 10.4. The zero-order chi connectivity index (χ0) is 12.1. The van der Waals surface area contributed by atoms with Crippen LogP contribution < -0.4 is 5.73 Å². The van der Waals surface area contributed by atoms with E-state index in [2.05, 4.69) is 20.2 Å². The van der Waals surface area contributed by atoms with Crippen LogP contribution in [0.5, 0.6) is 0 Å². The van der Waals surface area contributed by atoms with Crippen LogP contribution in [0.3, 0.4) is 0 Å². The number of nitrogens with two attached hydrogens (primary N) is 1. The van der Waals surface area contributed by atoms with E-state index in [-0.39, 0.29) is 11.0 Å². The molecule has 7 heteroatoms. The lowest BCUT2D eigenvalue weighted by Crippen LogP contribution is -2.15. The predicted molar refractivity (Wildman–Crippen MR) is 64.1 cm³/mol. The number of hydrogen-bond acceptors (Lipinski definition) is 5. The van der Waals surface area contributed by atoms with Gasteiger partial charge >= 0.3 is 0 Å². The van der Waals surface area contributed by atoms with E-state index >= 15 is 0 Å². The quantitative estimate of drug-likeness (QED) is 0.507. The molecule has 0 amide bonds. The molecule has 0 saturated heterocycles. The summed E-state index contributed by atoms with van der Waals surface area (Å²) in [6.45, 7) is 0. The predicted octanol–water partition coefficient (Wildman–Crippen LogP) is 1.46. The van der Waals surface area contributed by atoms with Crippen LogP contribution in [0.15, 0.2) is 45.4 Å². The summed E-state index contributed by atoms with van der Waals surface area (Å²) in [4.78, 5) is 7.78. The molecule has 86 valence electrons. The molecule has 0 radical (unpaired) electrons. The van der Waals surface area contributed by atoms with E-state index < -0.39 is 0 Å². The maximum Gasteiger partial charge on any atom is 0.173 e. The Labute approximate surface area is 102 Å². The monoisotopic (exact) mass is 249 g/mol. The largest absolute Gasteiger partial charge is 0.463 e. The molecule has 2 aromatic rings. The van der Waals surface area contributed by atoms with Crippen molar-refractivity contribution in [2.45, 2.75) is 0 Å². The minimum absolute atomic E-state index is 0.128. The fourth-order valence-electron chi connectivity index (χ4n) is 1.03. The Morgan fingerprint density at radius 2 is 2.35 bits per heavy atom. The molecule has 0 aliphatic carbocycles. The summed E-state index contributed by atoms with van der Waals surface area (Å²) in [5.74, 6) is 0.710. The van der Waals surface area contributed by atoms with Gasteiger partial charge in [0.2, 0.25) is 0 Å². The summed E-state index contributed by atoms with van der Waals surface area (Å²) in [7, 11) is 0. The Kier molecular flexibility index (Phi) is 3.46. The zero-order valence-corrected chi connectivity index (χ0v) is 9.37. The number of hydrogen-bond donors (Lipinski definition) is 1. The smallest absolute Gasteiger partial charge is 0.173 e. The average molecular weight is 250 g/mol. The van der Waals surface area contributed by atoms with E-state index in [1.54, 1.807) is 12.1 Å². The molecular weight excluding hydrogens is 242 g/mol. The van der Waals surface area contributed by atoms with Gasteiger partial charge in [-0.1, -0.05) is 11.6 Å². The van der Waals surface area contributed by atoms with E-state index in [4.69, 9.17) is 21.8 Å². The second kappa shape index (κ2) is 5.22. The minimum Gasteiger partial charge on any atom is -0.463 e. The van der Waals surface area contributed by atoms with Crippen LogP contribution in [-0.2, 0) is 0 Å². The molecule has 0 spiro atoms. The van der Waals surface area contributed by atoms with Crippen molar-refractivity contribution < 1.29 is 4.42 Å². The van der Waals surface area contributed by atoms with Crippen LogP contribution in [0.25, 0.3) is 0 Å².